The Hall–Kier alpha value is -3.28. The fraction of sp³-hybridized carbons (Fsp3) is 0.200. The number of benzene rings is 2. The minimum atomic E-state index is -0.671. The zero-order valence-electron chi connectivity index (χ0n) is 14.3. The number of carbonyl (C=O) groups is 1. The second-order valence-electron chi connectivity index (χ2n) is 6.16. The lowest BCUT2D eigenvalue weighted by Crippen LogP contribution is -2.48. The van der Waals surface area contributed by atoms with Gasteiger partial charge in [0.1, 0.15) is 6.10 Å². The first-order chi connectivity index (χ1) is 12.7. The molecule has 0 fully saturated rings. The van der Waals surface area contributed by atoms with Gasteiger partial charge in [0.25, 0.3) is 5.91 Å². The predicted octanol–water partition coefficient (Wildman–Crippen LogP) is 2.72. The molecule has 132 valence electrons. The number of rotatable bonds is 4. The lowest BCUT2D eigenvalue weighted by molar-refractivity contribution is -0.133. The summed E-state index contributed by atoms with van der Waals surface area (Å²) in [5.41, 5.74) is 2.03. The molecule has 3 aromatic rings. The summed E-state index contributed by atoms with van der Waals surface area (Å²) in [5, 5.41) is 2.92. The Morgan fingerprint density at radius 3 is 2.54 bits per heavy atom. The van der Waals surface area contributed by atoms with E-state index in [0.29, 0.717) is 18.0 Å². The summed E-state index contributed by atoms with van der Waals surface area (Å²) >= 11 is 0. The van der Waals surface area contributed by atoms with E-state index in [9.17, 15) is 4.79 Å². The Morgan fingerprint density at radius 1 is 1.12 bits per heavy atom. The van der Waals surface area contributed by atoms with E-state index in [1.807, 2.05) is 60.2 Å². The molecule has 1 N–H and O–H groups in total. The van der Waals surface area contributed by atoms with Gasteiger partial charge in [-0.05, 0) is 36.8 Å². The Balaban J connectivity index is 1.38. The average Bonchev–Trinajstić information content (AvgIpc) is 3.21. The zero-order chi connectivity index (χ0) is 17.9. The molecule has 0 bridgehead atoms. The van der Waals surface area contributed by atoms with Gasteiger partial charge in [-0.2, -0.15) is 0 Å². The van der Waals surface area contributed by atoms with Gasteiger partial charge < -0.3 is 19.4 Å². The van der Waals surface area contributed by atoms with Crippen molar-refractivity contribution in [3.8, 4) is 17.2 Å². The largest absolute Gasteiger partial charge is 0.482 e. The van der Waals surface area contributed by atoms with E-state index >= 15 is 0 Å². The molecule has 6 heteroatoms. The van der Waals surface area contributed by atoms with Gasteiger partial charge in [-0.25, -0.2) is 4.98 Å². The zero-order valence-corrected chi connectivity index (χ0v) is 14.3. The number of carbonyl (C=O) groups excluding carboxylic acids is 1. The molecule has 6 nitrogen and oxygen atoms in total. The van der Waals surface area contributed by atoms with Crippen molar-refractivity contribution in [1.29, 1.82) is 0 Å². The van der Waals surface area contributed by atoms with Gasteiger partial charge in [0.2, 0.25) is 6.10 Å². The van der Waals surface area contributed by atoms with E-state index in [2.05, 4.69) is 10.3 Å². The number of hydrogen-bond donors (Lipinski definition) is 1. The number of amides is 1. The number of aromatic nitrogens is 2. The maximum Gasteiger partial charge on any atom is 0.265 e. The normalized spacial score (nSPS) is 18.3. The van der Waals surface area contributed by atoms with Gasteiger partial charge in [0.15, 0.2) is 11.5 Å². The maximum absolute atomic E-state index is 12.5. The Bertz CT molecular complexity index is 891. The first-order valence-electron chi connectivity index (χ1n) is 8.48. The van der Waals surface area contributed by atoms with E-state index in [4.69, 9.17) is 9.47 Å². The molecular weight excluding hydrogens is 330 g/mol. The van der Waals surface area contributed by atoms with E-state index in [-0.39, 0.29) is 12.0 Å². The minimum Gasteiger partial charge on any atom is -0.482 e. The van der Waals surface area contributed by atoms with E-state index < -0.39 is 6.10 Å². The lowest BCUT2D eigenvalue weighted by Gasteiger charge is -2.31. The Labute approximate surface area is 151 Å². The second kappa shape index (κ2) is 6.92. The summed E-state index contributed by atoms with van der Waals surface area (Å²) in [7, 11) is 0. The van der Waals surface area contributed by atoms with Gasteiger partial charge in [-0.1, -0.05) is 24.3 Å². The Kier molecular flexibility index (Phi) is 4.31. The van der Waals surface area contributed by atoms with Crippen LogP contribution in [-0.2, 0) is 11.3 Å². The number of para-hydroxylation sites is 2. The van der Waals surface area contributed by atoms with Crippen LogP contribution in [0.4, 0.5) is 0 Å². The van der Waals surface area contributed by atoms with Crippen LogP contribution < -0.4 is 14.8 Å². The van der Waals surface area contributed by atoms with Crippen LogP contribution in [0.3, 0.4) is 0 Å². The summed E-state index contributed by atoms with van der Waals surface area (Å²) < 4.78 is 13.5. The molecule has 2 aromatic carbocycles. The molecule has 2 heterocycles. The third kappa shape index (κ3) is 3.26. The highest BCUT2D eigenvalue weighted by Crippen LogP contribution is 2.33. The van der Waals surface area contributed by atoms with Crippen molar-refractivity contribution in [2.45, 2.75) is 25.7 Å². The molecule has 2 atom stereocenters. The molecule has 0 saturated heterocycles. The molecule has 1 amide bonds. The van der Waals surface area contributed by atoms with Crippen LogP contribution in [-0.4, -0.2) is 27.7 Å². The van der Waals surface area contributed by atoms with Gasteiger partial charge in [-0.15, -0.1) is 0 Å². The SMILES string of the molecule is C[C@H]1Oc2ccccc2O[C@@H]1C(=O)NCc1ccc(-n2ccnc2)cc1. The first-order valence-corrected chi connectivity index (χ1v) is 8.48. The fourth-order valence-corrected chi connectivity index (χ4v) is 2.89. The molecule has 4 rings (SSSR count). The maximum atomic E-state index is 12.5. The highest BCUT2D eigenvalue weighted by atomic mass is 16.6. The van der Waals surface area contributed by atoms with Crippen LogP contribution >= 0.6 is 0 Å². The monoisotopic (exact) mass is 349 g/mol. The number of hydrogen-bond acceptors (Lipinski definition) is 4. The van der Waals surface area contributed by atoms with Crippen molar-refractivity contribution in [3.05, 3.63) is 72.8 Å². The van der Waals surface area contributed by atoms with Gasteiger partial charge >= 0.3 is 0 Å². The van der Waals surface area contributed by atoms with Crippen molar-refractivity contribution in [3.63, 3.8) is 0 Å². The third-order valence-corrected chi connectivity index (χ3v) is 4.31. The van der Waals surface area contributed by atoms with E-state index in [0.717, 1.165) is 11.3 Å². The van der Waals surface area contributed by atoms with E-state index in [1.165, 1.54) is 0 Å². The second-order valence-corrected chi connectivity index (χ2v) is 6.16. The Morgan fingerprint density at radius 2 is 1.85 bits per heavy atom. The molecule has 1 aliphatic rings. The molecule has 0 saturated carbocycles. The standard InChI is InChI=1S/C20H19N3O3/c1-14-19(26-18-5-3-2-4-17(18)25-14)20(24)22-12-15-6-8-16(9-7-15)23-11-10-21-13-23/h2-11,13-14,19H,12H2,1H3,(H,22,24)/t14-,19+/m1/s1. The average molecular weight is 349 g/mol. The highest BCUT2D eigenvalue weighted by Gasteiger charge is 2.33. The highest BCUT2D eigenvalue weighted by molar-refractivity contribution is 5.82. The van der Waals surface area contributed by atoms with Gasteiger partial charge in [0.05, 0.1) is 6.33 Å². The van der Waals surface area contributed by atoms with Crippen molar-refractivity contribution < 1.29 is 14.3 Å². The fourth-order valence-electron chi connectivity index (χ4n) is 2.89. The van der Waals surface area contributed by atoms with Crippen LogP contribution in [0.15, 0.2) is 67.3 Å². The van der Waals surface area contributed by atoms with Crippen LogP contribution in [0.25, 0.3) is 5.69 Å². The van der Waals surface area contributed by atoms with E-state index in [1.54, 1.807) is 18.6 Å². The quantitative estimate of drug-likeness (QED) is 0.787. The molecule has 0 radical (unpaired) electrons. The van der Waals surface area contributed by atoms with Crippen molar-refractivity contribution in [2.75, 3.05) is 0 Å². The van der Waals surface area contributed by atoms with Crippen LogP contribution in [0.1, 0.15) is 12.5 Å². The number of imidazole rings is 1. The van der Waals surface area contributed by atoms with Crippen LogP contribution in [0, 0.1) is 0 Å². The number of nitrogens with one attached hydrogen (secondary N) is 1. The lowest BCUT2D eigenvalue weighted by atomic mass is 10.1. The number of fused-ring (bicyclic) bond motifs is 1. The van der Waals surface area contributed by atoms with Crippen molar-refractivity contribution in [1.82, 2.24) is 14.9 Å². The molecule has 1 aromatic heterocycles. The van der Waals surface area contributed by atoms with Crippen molar-refractivity contribution in [2.24, 2.45) is 0 Å². The molecule has 0 unspecified atom stereocenters. The number of ether oxygens (including phenoxy) is 2. The summed E-state index contributed by atoms with van der Waals surface area (Å²) in [5.74, 6) is 1.07. The number of nitrogens with zero attached hydrogens (tertiary/aromatic N) is 2. The third-order valence-electron chi connectivity index (χ3n) is 4.31. The van der Waals surface area contributed by atoms with Gasteiger partial charge in [0, 0.05) is 24.6 Å². The van der Waals surface area contributed by atoms with Crippen LogP contribution in [0.5, 0.6) is 11.5 Å². The first kappa shape index (κ1) is 16.2. The molecule has 1 aliphatic heterocycles. The topological polar surface area (TPSA) is 65.4 Å². The smallest absolute Gasteiger partial charge is 0.265 e. The summed E-state index contributed by atoms with van der Waals surface area (Å²) in [6.45, 7) is 2.26. The molecular formula is C20H19N3O3. The molecule has 0 aliphatic carbocycles. The summed E-state index contributed by atoms with van der Waals surface area (Å²) in [6.07, 6.45) is 4.34. The summed E-state index contributed by atoms with van der Waals surface area (Å²) in [4.78, 5) is 16.6. The summed E-state index contributed by atoms with van der Waals surface area (Å²) in [6, 6.07) is 15.3. The minimum absolute atomic E-state index is 0.189. The predicted molar refractivity (Wildman–Crippen MR) is 96.4 cm³/mol. The van der Waals surface area contributed by atoms with Crippen molar-refractivity contribution >= 4 is 5.91 Å². The molecule has 0 spiro atoms. The van der Waals surface area contributed by atoms with Crippen LogP contribution in [0.2, 0.25) is 0 Å². The van der Waals surface area contributed by atoms with Gasteiger partial charge in [-0.3, -0.25) is 4.79 Å². The molecule has 26 heavy (non-hydrogen) atoms.